The van der Waals surface area contributed by atoms with Crippen LogP contribution in [0.2, 0.25) is 0 Å². The van der Waals surface area contributed by atoms with Crippen molar-refractivity contribution < 1.29 is 0 Å². The molecule has 0 saturated carbocycles. The number of hydrogen-bond donors (Lipinski definition) is 0. The fourth-order valence-corrected chi connectivity index (χ4v) is 4.11. The zero-order valence-electron chi connectivity index (χ0n) is 14.8. The van der Waals surface area contributed by atoms with Gasteiger partial charge in [0.25, 0.3) is 0 Å². The van der Waals surface area contributed by atoms with Crippen LogP contribution in [0.1, 0.15) is 56.2 Å². The third kappa shape index (κ3) is 1.92. The van der Waals surface area contributed by atoms with E-state index >= 15 is 0 Å². The van der Waals surface area contributed by atoms with E-state index in [0.29, 0.717) is 5.92 Å². The smallest absolute Gasteiger partial charge is 0.193 e. The zero-order chi connectivity index (χ0) is 17.0. The van der Waals surface area contributed by atoms with Gasteiger partial charge in [0.15, 0.2) is 5.43 Å². The Labute approximate surface area is 142 Å². The predicted molar refractivity (Wildman–Crippen MR) is 101 cm³/mol. The lowest BCUT2D eigenvalue weighted by atomic mass is 9.96. The van der Waals surface area contributed by atoms with Crippen LogP contribution in [0.4, 0.5) is 0 Å². The third-order valence-electron chi connectivity index (χ3n) is 5.42. The number of rotatable bonds is 2. The molecular weight excluding hydrogens is 294 g/mol. The molecule has 0 aliphatic heterocycles. The largest absolute Gasteiger partial charge is 0.340 e. The van der Waals surface area contributed by atoms with Gasteiger partial charge in [-0.1, -0.05) is 51.1 Å². The number of nitrogens with zero attached hydrogens (tertiary/aromatic N) is 1. The Morgan fingerprint density at radius 3 is 2.58 bits per heavy atom. The van der Waals surface area contributed by atoms with Gasteiger partial charge in [0.1, 0.15) is 0 Å². The number of aromatic nitrogens is 1. The quantitative estimate of drug-likeness (QED) is 0.630. The van der Waals surface area contributed by atoms with E-state index in [2.05, 4.69) is 74.7 Å². The van der Waals surface area contributed by atoms with E-state index in [0.717, 1.165) is 28.7 Å². The van der Waals surface area contributed by atoms with E-state index in [1.54, 1.807) is 0 Å². The summed E-state index contributed by atoms with van der Waals surface area (Å²) in [6, 6.07) is 14.8. The summed E-state index contributed by atoms with van der Waals surface area (Å²) < 4.78 is 2.32. The summed E-state index contributed by atoms with van der Waals surface area (Å²) in [4.78, 5) is 13.3. The maximum atomic E-state index is 13.3. The zero-order valence-corrected chi connectivity index (χ0v) is 14.8. The molecule has 0 saturated heterocycles. The molecule has 1 atom stereocenters. The van der Waals surface area contributed by atoms with Gasteiger partial charge in [-0.25, -0.2) is 0 Å². The van der Waals surface area contributed by atoms with Crippen molar-refractivity contribution in [3.05, 3.63) is 69.4 Å². The highest BCUT2D eigenvalue weighted by Crippen LogP contribution is 2.44. The highest BCUT2D eigenvalue weighted by Gasteiger charge is 2.31. The molecule has 0 fully saturated rings. The van der Waals surface area contributed by atoms with E-state index < -0.39 is 0 Å². The van der Waals surface area contributed by atoms with Gasteiger partial charge in [-0.15, -0.1) is 0 Å². The minimum atomic E-state index is 0.161. The molecule has 0 radical (unpaired) electrons. The first-order valence-electron chi connectivity index (χ1n) is 8.84. The predicted octanol–water partition coefficient (Wildman–Crippen LogP) is 5.28. The van der Waals surface area contributed by atoms with Crippen LogP contribution in [0.3, 0.4) is 0 Å². The molecule has 0 N–H and O–H groups in total. The van der Waals surface area contributed by atoms with Crippen molar-refractivity contribution in [2.75, 3.05) is 0 Å². The van der Waals surface area contributed by atoms with Crippen LogP contribution >= 0.6 is 0 Å². The average molecular weight is 317 g/mol. The third-order valence-corrected chi connectivity index (χ3v) is 5.42. The molecule has 2 heteroatoms. The molecule has 3 aromatic rings. The summed E-state index contributed by atoms with van der Waals surface area (Å²) in [6.07, 6.45) is 0. The van der Waals surface area contributed by atoms with Gasteiger partial charge < -0.3 is 4.57 Å². The molecule has 1 unspecified atom stereocenters. The fraction of sp³-hybridized carbons (Fsp3) is 0.318. The Kier molecular flexibility index (Phi) is 3.38. The van der Waals surface area contributed by atoms with Crippen LogP contribution in [0.15, 0.2) is 47.3 Å². The minimum absolute atomic E-state index is 0.161. The van der Waals surface area contributed by atoms with Crippen LogP contribution in [-0.2, 0) is 6.54 Å². The minimum Gasteiger partial charge on any atom is -0.340 e. The normalized spacial score (nSPS) is 15.8. The number of benzene rings is 2. The van der Waals surface area contributed by atoms with Gasteiger partial charge in [0.05, 0.1) is 11.2 Å². The molecule has 1 aliphatic carbocycles. The second-order valence-corrected chi connectivity index (χ2v) is 7.08. The van der Waals surface area contributed by atoms with Crippen LogP contribution < -0.4 is 5.43 Å². The Morgan fingerprint density at radius 1 is 1.12 bits per heavy atom. The summed E-state index contributed by atoms with van der Waals surface area (Å²) in [5.41, 5.74) is 7.05. The Hall–Kier alpha value is -2.35. The molecule has 1 aliphatic rings. The molecule has 4 rings (SSSR count). The van der Waals surface area contributed by atoms with Crippen LogP contribution in [-0.4, -0.2) is 4.57 Å². The molecule has 1 aromatic heterocycles. The Morgan fingerprint density at radius 2 is 1.88 bits per heavy atom. The first-order valence-corrected chi connectivity index (χ1v) is 8.84. The highest BCUT2D eigenvalue weighted by molar-refractivity contribution is 5.88. The topological polar surface area (TPSA) is 22.0 Å². The summed E-state index contributed by atoms with van der Waals surface area (Å²) in [5.74, 6) is 0.584. The van der Waals surface area contributed by atoms with E-state index in [1.807, 2.05) is 0 Å². The summed E-state index contributed by atoms with van der Waals surface area (Å²) in [7, 11) is 0. The van der Waals surface area contributed by atoms with Crippen molar-refractivity contribution in [2.45, 2.75) is 46.1 Å². The molecular formula is C22H23NO. The van der Waals surface area contributed by atoms with E-state index in [9.17, 15) is 4.79 Å². The van der Waals surface area contributed by atoms with E-state index in [4.69, 9.17) is 0 Å². The summed E-state index contributed by atoms with van der Waals surface area (Å²) in [6.45, 7) is 9.52. The number of aryl methyl sites for hydroxylation is 1. The lowest BCUT2D eigenvalue weighted by molar-refractivity contribution is 0.787. The fourth-order valence-electron chi connectivity index (χ4n) is 4.11. The molecule has 2 aromatic carbocycles. The second-order valence-electron chi connectivity index (χ2n) is 7.08. The Bertz CT molecular complexity index is 1010. The standard InChI is InChI=1S/C22H23NO/c1-5-23-19-11-10-15(13(2)3)12-18(19)22(24)20-14(4)16-8-6-7-9-17(16)21(20)23/h6-14H,5H2,1-4H3. The first kappa shape index (κ1) is 15.2. The van der Waals surface area contributed by atoms with Crippen molar-refractivity contribution in [2.24, 2.45) is 0 Å². The number of hydrogen-bond acceptors (Lipinski definition) is 1. The van der Waals surface area contributed by atoms with E-state index in [1.165, 1.54) is 16.7 Å². The van der Waals surface area contributed by atoms with Gasteiger partial charge in [-0.2, -0.15) is 0 Å². The van der Waals surface area contributed by atoms with Crippen molar-refractivity contribution in [3.63, 3.8) is 0 Å². The van der Waals surface area contributed by atoms with Gasteiger partial charge in [0, 0.05) is 29.0 Å². The lowest BCUT2D eigenvalue weighted by Crippen LogP contribution is -2.17. The molecule has 2 nitrogen and oxygen atoms in total. The van der Waals surface area contributed by atoms with Gasteiger partial charge in [-0.05, 0) is 36.1 Å². The lowest BCUT2D eigenvalue weighted by Gasteiger charge is -2.17. The maximum absolute atomic E-state index is 13.3. The highest BCUT2D eigenvalue weighted by atomic mass is 16.1. The van der Waals surface area contributed by atoms with Crippen LogP contribution in [0, 0.1) is 0 Å². The SMILES string of the molecule is CCn1c2c(c(=O)c3cc(C(C)C)ccc31)C(C)c1ccccc1-2. The number of pyridine rings is 1. The summed E-state index contributed by atoms with van der Waals surface area (Å²) >= 11 is 0. The molecule has 122 valence electrons. The van der Waals surface area contributed by atoms with Gasteiger partial charge in [0.2, 0.25) is 0 Å². The van der Waals surface area contributed by atoms with Crippen LogP contribution in [0.25, 0.3) is 22.2 Å². The molecule has 24 heavy (non-hydrogen) atoms. The van der Waals surface area contributed by atoms with Crippen molar-refractivity contribution in [1.29, 1.82) is 0 Å². The second kappa shape index (κ2) is 5.34. The Balaban J connectivity index is 2.17. The molecule has 1 heterocycles. The summed E-state index contributed by atoms with van der Waals surface area (Å²) in [5, 5.41) is 0.862. The van der Waals surface area contributed by atoms with Crippen molar-refractivity contribution >= 4 is 10.9 Å². The van der Waals surface area contributed by atoms with Crippen molar-refractivity contribution in [1.82, 2.24) is 4.57 Å². The molecule has 0 bridgehead atoms. The van der Waals surface area contributed by atoms with Crippen LogP contribution in [0.5, 0.6) is 0 Å². The monoisotopic (exact) mass is 317 g/mol. The first-order chi connectivity index (χ1) is 11.5. The van der Waals surface area contributed by atoms with Crippen molar-refractivity contribution in [3.8, 4) is 11.3 Å². The number of fused-ring (bicyclic) bond motifs is 4. The maximum Gasteiger partial charge on any atom is 0.193 e. The molecule has 0 spiro atoms. The van der Waals surface area contributed by atoms with Gasteiger partial charge in [-0.3, -0.25) is 4.79 Å². The van der Waals surface area contributed by atoms with E-state index in [-0.39, 0.29) is 11.3 Å². The average Bonchev–Trinajstić information content (AvgIpc) is 2.89. The van der Waals surface area contributed by atoms with Gasteiger partial charge >= 0.3 is 0 Å². The molecule has 0 amide bonds.